The molecule has 0 aromatic carbocycles. The van der Waals surface area contributed by atoms with Gasteiger partial charge in [0, 0.05) is 32.5 Å². The van der Waals surface area contributed by atoms with Gasteiger partial charge in [0.15, 0.2) is 5.96 Å². The Morgan fingerprint density at radius 3 is 2.65 bits per heavy atom. The van der Waals surface area contributed by atoms with Gasteiger partial charge in [-0.25, -0.2) is 4.98 Å². The number of nitrogens with one attached hydrogen (secondary N) is 2. The normalized spacial score (nSPS) is 11.7. The fourth-order valence-electron chi connectivity index (χ4n) is 1.82. The van der Waals surface area contributed by atoms with Crippen LogP contribution < -0.4 is 10.6 Å². The molecule has 0 aliphatic carbocycles. The quantitative estimate of drug-likeness (QED) is 0.640. The van der Waals surface area contributed by atoms with Crippen LogP contribution in [0.4, 0.5) is 0 Å². The minimum Gasteiger partial charge on any atom is -0.444 e. The topological polar surface area (TPSA) is 67.4 Å². The van der Waals surface area contributed by atoms with E-state index in [4.69, 9.17) is 4.42 Å². The van der Waals surface area contributed by atoms with Crippen molar-refractivity contribution in [1.29, 1.82) is 0 Å². The molecule has 2 aromatic heterocycles. The Morgan fingerprint density at radius 2 is 2.05 bits per heavy atom. The number of nitrogens with zero attached hydrogens (tertiary/aromatic N) is 3. The minimum atomic E-state index is 0.526. The molecule has 0 amide bonds. The lowest BCUT2D eigenvalue weighted by Gasteiger charge is -2.10. The average molecular weight is 275 g/mol. The Kier molecular flexibility index (Phi) is 4.81. The molecule has 2 aromatic rings. The smallest absolute Gasteiger partial charge is 0.214 e. The first kappa shape index (κ1) is 14.2. The molecule has 0 bridgehead atoms. The molecule has 0 saturated carbocycles. The monoisotopic (exact) mass is 275 g/mol. The summed E-state index contributed by atoms with van der Waals surface area (Å²) in [5, 5.41) is 6.43. The summed E-state index contributed by atoms with van der Waals surface area (Å²) >= 11 is 0. The molecule has 0 radical (unpaired) electrons. The molecular formula is C14H21N5O. The number of guanidine groups is 1. The lowest BCUT2D eigenvalue weighted by Crippen LogP contribution is -2.38. The van der Waals surface area contributed by atoms with Gasteiger partial charge in [-0.2, -0.15) is 0 Å². The van der Waals surface area contributed by atoms with Crippen molar-refractivity contribution >= 4 is 5.96 Å². The van der Waals surface area contributed by atoms with Crippen molar-refractivity contribution in [2.24, 2.45) is 4.99 Å². The van der Waals surface area contributed by atoms with Crippen molar-refractivity contribution in [2.45, 2.75) is 26.9 Å². The molecule has 0 unspecified atom stereocenters. The van der Waals surface area contributed by atoms with Crippen molar-refractivity contribution < 1.29 is 4.42 Å². The van der Waals surface area contributed by atoms with E-state index in [9.17, 15) is 0 Å². The number of aryl methyl sites for hydroxylation is 2. The molecule has 6 heteroatoms. The number of aromatic nitrogens is 2. The molecule has 0 fully saturated rings. The zero-order valence-electron chi connectivity index (χ0n) is 12.2. The van der Waals surface area contributed by atoms with Gasteiger partial charge in [-0.15, -0.1) is 0 Å². The van der Waals surface area contributed by atoms with Crippen LogP contribution in [0.2, 0.25) is 0 Å². The van der Waals surface area contributed by atoms with Gasteiger partial charge in [0.2, 0.25) is 5.89 Å². The van der Waals surface area contributed by atoms with Crippen LogP contribution in [0.5, 0.6) is 0 Å². The van der Waals surface area contributed by atoms with Crippen LogP contribution in [0.25, 0.3) is 0 Å². The van der Waals surface area contributed by atoms with Crippen molar-refractivity contribution in [2.75, 3.05) is 13.6 Å². The summed E-state index contributed by atoms with van der Waals surface area (Å²) in [4.78, 5) is 8.49. The fourth-order valence-corrected chi connectivity index (χ4v) is 1.82. The van der Waals surface area contributed by atoms with Crippen LogP contribution in [0.1, 0.15) is 17.3 Å². The maximum atomic E-state index is 5.51. The zero-order valence-corrected chi connectivity index (χ0v) is 12.2. The molecule has 0 spiro atoms. The van der Waals surface area contributed by atoms with Gasteiger partial charge in [0.25, 0.3) is 0 Å². The van der Waals surface area contributed by atoms with E-state index in [-0.39, 0.29) is 0 Å². The summed E-state index contributed by atoms with van der Waals surface area (Å²) in [7, 11) is 1.75. The van der Waals surface area contributed by atoms with E-state index in [2.05, 4.69) is 25.2 Å². The Hall–Kier alpha value is -2.24. The molecule has 0 aliphatic rings. The summed E-state index contributed by atoms with van der Waals surface area (Å²) in [6, 6.07) is 4.03. The van der Waals surface area contributed by atoms with Crippen molar-refractivity contribution in [3.63, 3.8) is 0 Å². The number of oxazole rings is 1. The first-order chi connectivity index (χ1) is 9.69. The van der Waals surface area contributed by atoms with Crippen LogP contribution in [-0.2, 0) is 13.1 Å². The first-order valence-corrected chi connectivity index (χ1v) is 6.67. The third-order valence-electron chi connectivity index (χ3n) is 3.03. The Balaban J connectivity index is 1.75. The molecule has 2 N–H and O–H groups in total. The van der Waals surface area contributed by atoms with Gasteiger partial charge in [-0.3, -0.25) is 4.99 Å². The second-order valence-corrected chi connectivity index (χ2v) is 4.52. The van der Waals surface area contributed by atoms with E-state index < -0.39 is 0 Å². The third-order valence-corrected chi connectivity index (χ3v) is 3.03. The highest BCUT2D eigenvalue weighted by molar-refractivity contribution is 5.79. The van der Waals surface area contributed by atoms with Crippen LogP contribution >= 0.6 is 0 Å². The molecule has 6 nitrogen and oxygen atoms in total. The van der Waals surface area contributed by atoms with Gasteiger partial charge >= 0.3 is 0 Å². The van der Waals surface area contributed by atoms with E-state index in [1.165, 1.54) is 0 Å². The van der Waals surface area contributed by atoms with Gasteiger partial charge < -0.3 is 19.6 Å². The summed E-state index contributed by atoms with van der Waals surface area (Å²) in [5.41, 5.74) is 0.928. The molecule has 2 heterocycles. The Bertz CT molecular complexity index is 537. The lowest BCUT2D eigenvalue weighted by molar-refractivity contribution is 0.463. The highest BCUT2D eigenvalue weighted by Gasteiger charge is 2.06. The number of rotatable bonds is 5. The number of aliphatic imine (C=N–C) groups is 1. The summed E-state index contributed by atoms with van der Waals surface area (Å²) < 4.78 is 7.62. The van der Waals surface area contributed by atoms with Crippen molar-refractivity contribution in [3.8, 4) is 0 Å². The van der Waals surface area contributed by atoms with Crippen LogP contribution in [0.3, 0.4) is 0 Å². The zero-order chi connectivity index (χ0) is 14.4. The van der Waals surface area contributed by atoms with Gasteiger partial charge in [0.1, 0.15) is 5.76 Å². The second-order valence-electron chi connectivity index (χ2n) is 4.52. The maximum absolute atomic E-state index is 5.51. The lowest BCUT2D eigenvalue weighted by atomic mass is 10.4. The Morgan fingerprint density at radius 1 is 1.30 bits per heavy atom. The summed E-state index contributed by atoms with van der Waals surface area (Å²) in [5.74, 6) is 2.27. The summed E-state index contributed by atoms with van der Waals surface area (Å²) in [6.45, 7) is 6.07. The van der Waals surface area contributed by atoms with E-state index in [0.29, 0.717) is 12.4 Å². The van der Waals surface area contributed by atoms with Crippen molar-refractivity contribution in [3.05, 3.63) is 41.9 Å². The van der Waals surface area contributed by atoms with E-state index in [1.54, 1.807) is 7.05 Å². The largest absolute Gasteiger partial charge is 0.444 e. The van der Waals surface area contributed by atoms with Gasteiger partial charge in [0.05, 0.1) is 12.2 Å². The van der Waals surface area contributed by atoms with E-state index in [0.717, 1.165) is 30.5 Å². The van der Waals surface area contributed by atoms with Gasteiger partial charge in [-0.05, 0) is 26.0 Å². The SMILES string of the molecule is CN=C(NCCn1cccc1)NCc1nc(C)c(C)o1. The Labute approximate surface area is 118 Å². The van der Waals surface area contributed by atoms with E-state index >= 15 is 0 Å². The molecule has 20 heavy (non-hydrogen) atoms. The molecule has 108 valence electrons. The van der Waals surface area contributed by atoms with Crippen LogP contribution in [-0.4, -0.2) is 29.1 Å². The van der Waals surface area contributed by atoms with E-state index in [1.807, 2.05) is 38.4 Å². The molecule has 0 saturated heterocycles. The second kappa shape index (κ2) is 6.79. The first-order valence-electron chi connectivity index (χ1n) is 6.67. The predicted molar refractivity (Wildman–Crippen MR) is 78.6 cm³/mol. The fraction of sp³-hybridized carbons (Fsp3) is 0.429. The minimum absolute atomic E-state index is 0.526. The molecule has 0 atom stereocenters. The predicted octanol–water partition coefficient (Wildman–Crippen LogP) is 1.46. The third kappa shape index (κ3) is 3.88. The molecule has 2 rings (SSSR count). The maximum Gasteiger partial charge on any atom is 0.214 e. The van der Waals surface area contributed by atoms with Crippen LogP contribution in [0, 0.1) is 13.8 Å². The summed E-state index contributed by atoms with van der Waals surface area (Å²) in [6.07, 6.45) is 4.08. The average Bonchev–Trinajstić information content (AvgIpc) is 3.05. The molecular weight excluding hydrogens is 254 g/mol. The highest BCUT2D eigenvalue weighted by Crippen LogP contribution is 2.07. The highest BCUT2D eigenvalue weighted by atomic mass is 16.4. The number of hydrogen-bond acceptors (Lipinski definition) is 3. The number of hydrogen-bond donors (Lipinski definition) is 2. The van der Waals surface area contributed by atoms with Crippen LogP contribution in [0.15, 0.2) is 33.9 Å². The van der Waals surface area contributed by atoms with Gasteiger partial charge in [-0.1, -0.05) is 0 Å². The standard InChI is InChI=1S/C14H21N5O/c1-11-12(2)20-13(18-11)10-17-14(15-3)16-6-9-19-7-4-5-8-19/h4-5,7-8H,6,9-10H2,1-3H3,(H2,15,16,17). The molecule has 0 aliphatic heterocycles. The van der Waals surface area contributed by atoms with Crippen molar-refractivity contribution in [1.82, 2.24) is 20.2 Å².